The summed E-state index contributed by atoms with van der Waals surface area (Å²) in [4.78, 5) is 14.4. The number of furan rings is 1. The minimum atomic E-state index is -0.255. The zero-order valence-electron chi connectivity index (χ0n) is 23.4. The van der Waals surface area contributed by atoms with Gasteiger partial charge in [-0.25, -0.2) is 19.3 Å². The first kappa shape index (κ1) is 25.1. The third kappa shape index (κ3) is 4.10. The highest BCUT2D eigenvalue weighted by atomic mass is 19.1. The highest BCUT2D eigenvalue weighted by Gasteiger charge is 2.25. The lowest BCUT2D eigenvalue weighted by molar-refractivity contribution is 0.628. The molecule has 7 rings (SSSR count). The van der Waals surface area contributed by atoms with Crippen LogP contribution in [-0.2, 0) is 0 Å². The number of aromatic nitrogens is 4. The molecule has 6 heteroatoms. The van der Waals surface area contributed by atoms with Gasteiger partial charge in [-0.05, 0) is 64.4 Å². The molecule has 202 valence electrons. The van der Waals surface area contributed by atoms with Gasteiger partial charge in [0, 0.05) is 23.2 Å². The summed E-state index contributed by atoms with van der Waals surface area (Å²) in [5.41, 5.74) is 9.13. The molecule has 0 fully saturated rings. The monoisotopic (exact) mass is 540 g/mol. The molecule has 0 aliphatic rings. The second-order valence-electron chi connectivity index (χ2n) is 11.1. The summed E-state index contributed by atoms with van der Waals surface area (Å²) in [5, 5.41) is 2.01. The molecule has 0 N–H and O–H groups in total. The van der Waals surface area contributed by atoms with Crippen molar-refractivity contribution in [3.63, 3.8) is 0 Å². The van der Waals surface area contributed by atoms with E-state index in [-0.39, 0.29) is 17.7 Å². The molecule has 0 aliphatic heterocycles. The van der Waals surface area contributed by atoms with Crippen molar-refractivity contribution in [3.05, 3.63) is 108 Å². The normalized spacial score (nSPS) is 12.0. The maximum Gasteiger partial charge on any atom is 0.198 e. The number of hydrogen-bond acceptors (Lipinski definition) is 4. The first-order valence-electron chi connectivity index (χ1n) is 13.9. The van der Waals surface area contributed by atoms with Crippen molar-refractivity contribution >= 4 is 33.2 Å². The van der Waals surface area contributed by atoms with Crippen LogP contribution in [0.1, 0.15) is 50.7 Å². The zero-order chi connectivity index (χ0) is 28.2. The third-order valence-corrected chi connectivity index (χ3v) is 7.78. The van der Waals surface area contributed by atoms with Crippen LogP contribution >= 0.6 is 0 Å². The Hall–Kier alpha value is -4.84. The summed E-state index contributed by atoms with van der Waals surface area (Å²) in [6, 6.07) is 25.3. The summed E-state index contributed by atoms with van der Waals surface area (Å²) in [6.07, 6.45) is 3.40. The van der Waals surface area contributed by atoms with E-state index < -0.39 is 0 Å². The average molecular weight is 541 g/mol. The van der Waals surface area contributed by atoms with E-state index in [1.165, 1.54) is 23.3 Å². The van der Waals surface area contributed by atoms with Crippen LogP contribution < -0.4 is 0 Å². The van der Waals surface area contributed by atoms with Gasteiger partial charge in [0.1, 0.15) is 17.0 Å². The van der Waals surface area contributed by atoms with Crippen LogP contribution in [0.15, 0.2) is 95.7 Å². The number of fused-ring (bicyclic) bond motifs is 4. The number of hydrogen-bond donors (Lipinski definition) is 0. The first-order valence-corrected chi connectivity index (χ1v) is 13.9. The van der Waals surface area contributed by atoms with Crippen molar-refractivity contribution < 1.29 is 8.81 Å². The molecule has 7 aromatic rings. The van der Waals surface area contributed by atoms with Gasteiger partial charge in [0.25, 0.3) is 0 Å². The lowest BCUT2D eigenvalue weighted by Gasteiger charge is -2.22. The molecule has 3 aromatic heterocycles. The Morgan fingerprint density at radius 2 is 1.41 bits per heavy atom. The molecule has 0 saturated carbocycles. The standard InChI is InChI=1S/C35H29FN4O/c1-20(2)25-7-5-8-26(21(3)4)31(25)40-34(39-33-35(40)38-18-17-37-33)29-10-6-9-28-27-16-13-23(19-30(27)41-32(28)29)22-11-14-24(36)15-12-22/h5-21H,1-4H3. The minimum absolute atomic E-state index is 0.255. The van der Waals surface area contributed by atoms with Crippen molar-refractivity contribution in [1.82, 2.24) is 19.5 Å². The van der Waals surface area contributed by atoms with E-state index in [1.807, 2.05) is 18.2 Å². The lowest BCUT2D eigenvalue weighted by Crippen LogP contribution is -2.09. The Labute approximate surface area is 237 Å². The number of benzene rings is 4. The smallest absolute Gasteiger partial charge is 0.198 e. The second-order valence-corrected chi connectivity index (χ2v) is 11.1. The van der Waals surface area contributed by atoms with Gasteiger partial charge >= 0.3 is 0 Å². The van der Waals surface area contributed by atoms with Crippen LogP contribution in [-0.4, -0.2) is 19.5 Å². The van der Waals surface area contributed by atoms with E-state index in [9.17, 15) is 4.39 Å². The second kappa shape index (κ2) is 9.66. The Kier molecular flexibility index (Phi) is 5.93. The fraction of sp³-hybridized carbons (Fsp3) is 0.171. The van der Waals surface area contributed by atoms with E-state index >= 15 is 0 Å². The number of nitrogens with zero attached hydrogens (tertiary/aromatic N) is 4. The van der Waals surface area contributed by atoms with Gasteiger partial charge in [0.2, 0.25) is 0 Å². The fourth-order valence-corrected chi connectivity index (χ4v) is 5.77. The summed E-state index contributed by atoms with van der Waals surface area (Å²) >= 11 is 0. The lowest BCUT2D eigenvalue weighted by atomic mass is 9.92. The molecule has 0 amide bonds. The quantitative estimate of drug-likeness (QED) is 0.218. The van der Waals surface area contributed by atoms with E-state index in [4.69, 9.17) is 14.4 Å². The molecular formula is C35H29FN4O. The molecule has 0 atom stereocenters. The molecule has 5 nitrogen and oxygen atoms in total. The van der Waals surface area contributed by atoms with Gasteiger partial charge in [-0.3, -0.25) is 4.57 Å². The number of para-hydroxylation sites is 2. The maximum absolute atomic E-state index is 13.5. The zero-order valence-corrected chi connectivity index (χ0v) is 23.4. The van der Waals surface area contributed by atoms with E-state index in [0.717, 1.165) is 50.1 Å². The molecule has 0 aliphatic carbocycles. The minimum Gasteiger partial charge on any atom is -0.455 e. The molecule has 0 saturated heterocycles. The van der Waals surface area contributed by atoms with Crippen molar-refractivity contribution in [3.8, 4) is 28.2 Å². The molecule has 3 heterocycles. The summed E-state index contributed by atoms with van der Waals surface area (Å²) in [6.45, 7) is 8.86. The van der Waals surface area contributed by atoms with Crippen molar-refractivity contribution in [2.75, 3.05) is 0 Å². The van der Waals surface area contributed by atoms with Crippen molar-refractivity contribution in [2.45, 2.75) is 39.5 Å². The van der Waals surface area contributed by atoms with Gasteiger partial charge in [-0.15, -0.1) is 0 Å². The van der Waals surface area contributed by atoms with Crippen LogP contribution in [0.2, 0.25) is 0 Å². The average Bonchev–Trinajstić information content (AvgIpc) is 3.55. The van der Waals surface area contributed by atoms with E-state index in [2.05, 4.69) is 73.6 Å². The Balaban J connectivity index is 1.52. The molecule has 0 radical (unpaired) electrons. The van der Waals surface area contributed by atoms with Crippen LogP contribution in [0.4, 0.5) is 4.39 Å². The SMILES string of the molecule is CC(C)c1cccc(C(C)C)c1-n1c(-c2cccc3c2oc2cc(-c4ccc(F)cc4)ccc23)nc2nccnc21. The van der Waals surface area contributed by atoms with Gasteiger partial charge in [0.05, 0.1) is 11.3 Å². The predicted molar refractivity (Wildman–Crippen MR) is 163 cm³/mol. The predicted octanol–water partition coefficient (Wildman–Crippen LogP) is 9.43. The first-order chi connectivity index (χ1) is 19.9. The van der Waals surface area contributed by atoms with Gasteiger partial charge in [0.15, 0.2) is 17.1 Å². The summed E-state index contributed by atoms with van der Waals surface area (Å²) in [7, 11) is 0. The molecule has 0 spiro atoms. The number of halogens is 1. The Morgan fingerprint density at radius 1 is 0.732 bits per heavy atom. The highest BCUT2D eigenvalue weighted by Crippen LogP contribution is 2.41. The number of rotatable bonds is 5. The van der Waals surface area contributed by atoms with E-state index in [1.54, 1.807) is 24.5 Å². The molecule has 4 aromatic carbocycles. The Bertz CT molecular complexity index is 2040. The third-order valence-electron chi connectivity index (χ3n) is 7.78. The van der Waals surface area contributed by atoms with Gasteiger partial charge < -0.3 is 4.42 Å². The topological polar surface area (TPSA) is 56.7 Å². The van der Waals surface area contributed by atoms with E-state index in [0.29, 0.717) is 11.3 Å². The van der Waals surface area contributed by atoms with Gasteiger partial charge in [-0.1, -0.05) is 76.2 Å². The highest BCUT2D eigenvalue weighted by molar-refractivity contribution is 6.10. The molecule has 0 unspecified atom stereocenters. The Morgan fingerprint density at radius 3 is 2.15 bits per heavy atom. The summed E-state index contributed by atoms with van der Waals surface area (Å²) < 4.78 is 22.3. The van der Waals surface area contributed by atoms with Gasteiger partial charge in [-0.2, -0.15) is 0 Å². The maximum atomic E-state index is 13.5. The van der Waals surface area contributed by atoms with Crippen molar-refractivity contribution in [1.29, 1.82) is 0 Å². The van der Waals surface area contributed by atoms with Crippen LogP contribution in [0.25, 0.3) is 61.4 Å². The molecule has 0 bridgehead atoms. The number of imidazole rings is 1. The van der Waals surface area contributed by atoms with Crippen molar-refractivity contribution in [2.24, 2.45) is 0 Å². The molecule has 41 heavy (non-hydrogen) atoms. The van der Waals surface area contributed by atoms with Crippen LogP contribution in [0, 0.1) is 5.82 Å². The molecular weight excluding hydrogens is 511 g/mol. The van der Waals surface area contributed by atoms with Crippen LogP contribution in [0.5, 0.6) is 0 Å². The largest absolute Gasteiger partial charge is 0.455 e. The fourth-order valence-electron chi connectivity index (χ4n) is 5.77. The summed E-state index contributed by atoms with van der Waals surface area (Å²) in [5.74, 6) is 1.06. The van der Waals surface area contributed by atoms with Crippen LogP contribution in [0.3, 0.4) is 0 Å².